The highest BCUT2D eigenvalue weighted by Crippen LogP contribution is 2.35. The van der Waals surface area contributed by atoms with Crippen molar-refractivity contribution < 1.29 is 14.3 Å². The summed E-state index contributed by atoms with van der Waals surface area (Å²) in [4.78, 5) is 26.2. The zero-order valence-electron chi connectivity index (χ0n) is 11.3. The molecule has 0 aromatic heterocycles. The zero-order valence-corrected chi connectivity index (χ0v) is 11.3. The molecule has 3 unspecified atom stereocenters. The van der Waals surface area contributed by atoms with Gasteiger partial charge in [-0.3, -0.25) is 9.59 Å². The number of nitrogens with zero attached hydrogens (tertiary/aromatic N) is 1. The number of methoxy groups -OCH3 is 1. The molecule has 0 radical (unpaired) electrons. The second-order valence-corrected chi connectivity index (χ2v) is 5.49. The molecule has 2 aliphatic rings. The van der Waals surface area contributed by atoms with Crippen LogP contribution in [0.4, 0.5) is 0 Å². The van der Waals surface area contributed by atoms with E-state index in [2.05, 4.69) is 5.32 Å². The number of hydrogen-bond donors (Lipinski definition) is 1. The van der Waals surface area contributed by atoms with Crippen LogP contribution in [0, 0.1) is 5.92 Å². The average Bonchev–Trinajstić information content (AvgIpc) is 3.09. The second-order valence-electron chi connectivity index (χ2n) is 5.49. The highest BCUT2D eigenvalue weighted by atomic mass is 16.5. The molecule has 1 aliphatic heterocycles. The number of ether oxygens (including phenoxy) is 1. The van der Waals surface area contributed by atoms with E-state index < -0.39 is 0 Å². The summed E-state index contributed by atoms with van der Waals surface area (Å²) in [5.41, 5.74) is 0. The van der Waals surface area contributed by atoms with Crippen molar-refractivity contribution >= 4 is 11.8 Å². The summed E-state index contributed by atoms with van der Waals surface area (Å²) in [6.45, 7) is 4.40. The molecule has 1 N–H and O–H groups in total. The number of nitrogens with one attached hydrogen (secondary N) is 1. The molecule has 0 aromatic carbocycles. The van der Waals surface area contributed by atoms with Crippen LogP contribution in [-0.2, 0) is 14.3 Å². The molecule has 1 saturated carbocycles. The molecule has 0 aromatic rings. The first-order valence-corrected chi connectivity index (χ1v) is 6.65. The minimum absolute atomic E-state index is 0.00597. The van der Waals surface area contributed by atoms with Gasteiger partial charge in [-0.25, -0.2) is 0 Å². The third kappa shape index (κ3) is 2.66. The van der Waals surface area contributed by atoms with E-state index in [1.807, 2.05) is 18.7 Å². The summed E-state index contributed by atoms with van der Waals surface area (Å²) in [5, 5.41) is 2.88. The normalized spacial score (nSPS) is 30.9. The van der Waals surface area contributed by atoms with Crippen molar-refractivity contribution in [3.8, 4) is 0 Å². The molecule has 5 nitrogen and oxygen atoms in total. The van der Waals surface area contributed by atoms with E-state index in [-0.39, 0.29) is 29.9 Å². The Labute approximate surface area is 108 Å². The van der Waals surface area contributed by atoms with E-state index in [1.54, 1.807) is 7.11 Å². The smallest absolute Gasteiger partial charge is 0.246 e. The summed E-state index contributed by atoms with van der Waals surface area (Å²) in [6.07, 6.45) is 2.46. The van der Waals surface area contributed by atoms with E-state index >= 15 is 0 Å². The van der Waals surface area contributed by atoms with Crippen LogP contribution < -0.4 is 5.32 Å². The number of hydrogen-bond acceptors (Lipinski definition) is 3. The molecular formula is C13H22N2O3. The van der Waals surface area contributed by atoms with E-state index in [4.69, 9.17) is 4.74 Å². The lowest BCUT2D eigenvalue weighted by molar-refractivity contribution is -0.138. The van der Waals surface area contributed by atoms with Gasteiger partial charge < -0.3 is 15.0 Å². The van der Waals surface area contributed by atoms with Gasteiger partial charge >= 0.3 is 0 Å². The van der Waals surface area contributed by atoms with Crippen LogP contribution in [0.1, 0.15) is 33.1 Å². The van der Waals surface area contributed by atoms with Crippen molar-refractivity contribution in [2.75, 3.05) is 13.7 Å². The van der Waals surface area contributed by atoms with Crippen molar-refractivity contribution in [3.05, 3.63) is 0 Å². The summed E-state index contributed by atoms with van der Waals surface area (Å²) in [7, 11) is 1.63. The predicted octanol–water partition coefficient (Wildman–Crippen LogP) is 0.537. The monoisotopic (exact) mass is 254 g/mol. The second kappa shape index (κ2) is 5.26. The number of carbonyl (C=O) groups excluding carboxylic acids is 2. The molecule has 5 heteroatoms. The van der Waals surface area contributed by atoms with Crippen molar-refractivity contribution in [2.24, 2.45) is 5.92 Å². The molecule has 102 valence electrons. The summed E-state index contributed by atoms with van der Waals surface area (Å²) in [5.74, 6) is 0.379. The van der Waals surface area contributed by atoms with Gasteiger partial charge in [-0.05, 0) is 32.6 Å². The van der Waals surface area contributed by atoms with Gasteiger partial charge in [0.15, 0.2) is 0 Å². The standard InChI is InChI=1S/C13H22N2O3/c1-8-6-11(16)14-12(10-4-5-10)13(17)15(8)9(2)7-18-3/h8-10,12H,4-7H2,1-3H3,(H,14,16). The molecular weight excluding hydrogens is 232 g/mol. The summed E-state index contributed by atoms with van der Waals surface area (Å²) >= 11 is 0. The lowest BCUT2D eigenvalue weighted by Gasteiger charge is -2.34. The van der Waals surface area contributed by atoms with Crippen LogP contribution in [-0.4, -0.2) is 48.6 Å². The molecule has 0 spiro atoms. The van der Waals surface area contributed by atoms with Gasteiger partial charge in [-0.1, -0.05) is 0 Å². The minimum Gasteiger partial charge on any atom is -0.383 e. The van der Waals surface area contributed by atoms with Crippen LogP contribution in [0.3, 0.4) is 0 Å². The van der Waals surface area contributed by atoms with Gasteiger partial charge in [0.05, 0.1) is 12.6 Å². The van der Waals surface area contributed by atoms with E-state index in [0.717, 1.165) is 12.8 Å². The number of carbonyl (C=O) groups is 2. The van der Waals surface area contributed by atoms with Crippen molar-refractivity contribution in [2.45, 2.75) is 51.2 Å². The Morgan fingerprint density at radius 3 is 2.67 bits per heavy atom. The topological polar surface area (TPSA) is 58.6 Å². The summed E-state index contributed by atoms with van der Waals surface area (Å²) in [6, 6.07) is -0.375. The Bertz CT molecular complexity index is 341. The van der Waals surface area contributed by atoms with Gasteiger partial charge in [0.2, 0.25) is 11.8 Å². The molecule has 3 atom stereocenters. The Balaban J connectivity index is 2.18. The van der Waals surface area contributed by atoms with Crippen molar-refractivity contribution in [1.29, 1.82) is 0 Å². The number of amides is 2. The van der Waals surface area contributed by atoms with Gasteiger partial charge in [-0.2, -0.15) is 0 Å². The summed E-state index contributed by atoms with van der Waals surface area (Å²) < 4.78 is 5.13. The Morgan fingerprint density at radius 2 is 2.11 bits per heavy atom. The fourth-order valence-corrected chi connectivity index (χ4v) is 2.76. The largest absolute Gasteiger partial charge is 0.383 e. The van der Waals surface area contributed by atoms with Gasteiger partial charge in [0.1, 0.15) is 6.04 Å². The molecule has 1 saturated heterocycles. The fraction of sp³-hybridized carbons (Fsp3) is 0.846. The molecule has 2 rings (SSSR count). The van der Waals surface area contributed by atoms with Crippen molar-refractivity contribution in [1.82, 2.24) is 10.2 Å². The Hall–Kier alpha value is -1.10. The first kappa shape index (κ1) is 13.3. The zero-order chi connectivity index (χ0) is 13.3. The maximum absolute atomic E-state index is 12.6. The van der Waals surface area contributed by atoms with Crippen LogP contribution in [0.15, 0.2) is 0 Å². The number of rotatable bonds is 4. The minimum atomic E-state index is -0.318. The maximum Gasteiger partial charge on any atom is 0.246 e. The highest BCUT2D eigenvalue weighted by Gasteiger charge is 2.43. The van der Waals surface area contributed by atoms with Crippen LogP contribution in [0.25, 0.3) is 0 Å². The third-order valence-corrected chi connectivity index (χ3v) is 3.77. The van der Waals surface area contributed by atoms with Crippen LogP contribution in [0.5, 0.6) is 0 Å². The first-order chi connectivity index (χ1) is 8.54. The molecule has 18 heavy (non-hydrogen) atoms. The fourth-order valence-electron chi connectivity index (χ4n) is 2.76. The van der Waals surface area contributed by atoms with Crippen LogP contribution in [0.2, 0.25) is 0 Å². The van der Waals surface area contributed by atoms with Crippen LogP contribution >= 0.6 is 0 Å². The molecule has 1 aliphatic carbocycles. The van der Waals surface area contributed by atoms with Gasteiger partial charge in [0, 0.05) is 19.6 Å². The maximum atomic E-state index is 12.6. The Kier molecular flexibility index (Phi) is 3.90. The quantitative estimate of drug-likeness (QED) is 0.796. The first-order valence-electron chi connectivity index (χ1n) is 6.65. The molecule has 2 amide bonds. The SMILES string of the molecule is COCC(C)N1C(=O)C(C2CC2)NC(=O)CC1C. The molecule has 1 heterocycles. The lowest BCUT2D eigenvalue weighted by Crippen LogP contribution is -2.52. The highest BCUT2D eigenvalue weighted by molar-refractivity contribution is 5.91. The van der Waals surface area contributed by atoms with E-state index in [1.165, 1.54) is 0 Å². The van der Waals surface area contributed by atoms with Gasteiger partial charge in [-0.15, -0.1) is 0 Å². The average molecular weight is 254 g/mol. The predicted molar refractivity (Wildman–Crippen MR) is 66.9 cm³/mol. The third-order valence-electron chi connectivity index (χ3n) is 3.77. The Morgan fingerprint density at radius 1 is 1.44 bits per heavy atom. The molecule has 2 fully saturated rings. The van der Waals surface area contributed by atoms with Gasteiger partial charge in [0.25, 0.3) is 0 Å². The van der Waals surface area contributed by atoms with Crippen molar-refractivity contribution in [3.63, 3.8) is 0 Å². The lowest BCUT2D eigenvalue weighted by atomic mass is 10.1. The van der Waals surface area contributed by atoms with E-state index in [9.17, 15) is 9.59 Å². The van der Waals surface area contributed by atoms with E-state index in [0.29, 0.717) is 18.9 Å². The molecule has 0 bridgehead atoms.